The number of amidine groups is 1. The van der Waals surface area contributed by atoms with Gasteiger partial charge in [-0.3, -0.25) is 9.59 Å². The minimum Gasteiger partial charge on any atom is -0.453 e. The van der Waals surface area contributed by atoms with Crippen LogP contribution in [0.15, 0.2) is 59.7 Å². The highest BCUT2D eigenvalue weighted by atomic mass is 28.3. The van der Waals surface area contributed by atoms with E-state index in [9.17, 15) is 19.2 Å². The average molecular weight is 1040 g/mol. The van der Waals surface area contributed by atoms with E-state index in [1.54, 1.807) is 0 Å². The standard InChI is InChI=1S/C54H83N9O8Si2/c1-14-60(36-70-30-32-72(8,9)10)50(46-34-55-27-29-62(46)52(65)48(39(4)5)59-54(67)69-7)57-43-25-21-41(22-26-43)18-17-40-19-23-42(24-20-40)45-35-56-49(63(45)37-71-31-33-73(11,12)13)44-16-15-28-61(44)51(64)47(38(2)3)58-53(66)68-6/h19-26,35,38-39,44,46-48,55H,14-16,27-34,36-37H2,1-13H3,(H,58,66)(H,59,67)/t44-,46-,47-,48-/m0/s1. The molecule has 5 rings (SSSR count). The van der Waals surface area contributed by atoms with Gasteiger partial charge in [-0.1, -0.05) is 91.0 Å². The second-order valence-electron chi connectivity index (χ2n) is 22.0. The summed E-state index contributed by atoms with van der Waals surface area (Å²) in [6.07, 6.45) is 2.12. The molecule has 3 aromatic rings. The van der Waals surface area contributed by atoms with Gasteiger partial charge in [-0.25, -0.2) is 19.6 Å². The number of carbonyl (C=O) groups is 4. The van der Waals surface area contributed by atoms with Crippen molar-refractivity contribution in [3.05, 3.63) is 71.7 Å². The van der Waals surface area contributed by atoms with Crippen LogP contribution in [0, 0.1) is 23.7 Å². The van der Waals surface area contributed by atoms with Gasteiger partial charge in [0, 0.05) is 73.2 Å². The van der Waals surface area contributed by atoms with Gasteiger partial charge in [0.1, 0.15) is 43.2 Å². The molecule has 19 heteroatoms. The number of ether oxygens (including phenoxy) is 4. The number of nitrogens with zero attached hydrogens (tertiary/aromatic N) is 6. The van der Waals surface area contributed by atoms with Crippen molar-refractivity contribution >= 4 is 51.7 Å². The van der Waals surface area contributed by atoms with Crippen LogP contribution in [0.5, 0.6) is 0 Å². The maximum absolute atomic E-state index is 14.3. The fourth-order valence-corrected chi connectivity index (χ4v) is 10.2. The van der Waals surface area contributed by atoms with Gasteiger partial charge in [0.05, 0.1) is 37.8 Å². The van der Waals surface area contributed by atoms with Crippen LogP contribution in [-0.2, 0) is 35.3 Å². The van der Waals surface area contributed by atoms with Crippen molar-refractivity contribution in [2.45, 2.75) is 130 Å². The van der Waals surface area contributed by atoms with Crippen LogP contribution in [0.1, 0.15) is 70.5 Å². The van der Waals surface area contributed by atoms with Crippen molar-refractivity contribution in [2.75, 3.05) is 66.9 Å². The van der Waals surface area contributed by atoms with E-state index >= 15 is 0 Å². The van der Waals surface area contributed by atoms with E-state index in [0.717, 1.165) is 53.1 Å². The van der Waals surface area contributed by atoms with Crippen molar-refractivity contribution in [1.82, 2.24) is 40.2 Å². The Morgan fingerprint density at radius 3 is 1.88 bits per heavy atom. The third kappa shape index (κ3) is 17.0. The molecule has 2 saturated heterocycles. The lowest BCUT2D eigenvalue weighted by atomic mass is 10.0. The SMILES string of the molecule is CCN(COCC[Si](C)(C)C)C(=Nc1ccc(C#Cc2ccc(-c3cnc([C@@H]4CCCN4C(=O)[C@@H](NC(=O)OC)C(C)C)n3COCC[Si](C)(C)C)cc2)cc1)[C@@H]1CNCCN1C(=O)[C@@H](NC(=O)OC)C(C)C. The molecule has 400 valence electrons. The Hall–Kier alpha value is -5.53. The molecule has 0 saturated carbocycles. The molecular weight excluding hydrogens is 959 g/mol. The van der Waals surface area contributed by atoms with Gasteiger partial charge >= 0.3 is 12.2 Å². The van der Waals surface area contributed by atoms with Gasteiger partial charge in [-0.05, 0) is 85.7 Å². The third-order valence-corrected chi connectivity index (χ3v) is 16.5. The molecule has 17 nitrogen and oxygen atoms in total. The van der Waals surface area contributed by atoms with Crippen molar-refractivity contribution in [2.24, 2.45) is 16.8 Å². The van der Waals surface area contributed by atoms with E-state index in [0.29, 0.717) is 64.2 Å². The minimum atomic E-state index is -1.35. The molecule has 1 aromatic heterocycles. The van der Waals surface area contributed by atoms with Gasteiger partial charge in [0.25, 0.3) is 0 Å². The molecule has 2 aliphatic rings. The number of aliphatic imine (C=N–C) groups is 1. The fourth-order valence-electron chi connectivity index (χ4n) is 8.66. The van der Waals surface area contributed by atoms with E-state index in [1.165, 1.54) is 14.2 Å². The number of benzene rings is 2. The Balaban J connectivity index is 1.41. The van der Waals surface area contributed by atoms with Crippen molar-refractivity contribution < 1.29 is 38.1 Å². The van der Waals surface area contributed by atoms with E-state index in [1.807, 2.05) is 92.2 Å². The second kappa shape index (κ2) is 27.1. The number of likely N-dealkylation sites (tertiary alicyclic amines) is 1. The molecule has 4 amide bonds. The predicted molar refractivity (Wildman–Crippen MR) is 293 cm³/mol. The zero-order chi connectivity index (χ0) is 53.5. The first kappa shape index (κ1) is 58.4. The molecule has 4 atom stereocenters. The summed E-state index contributed by atoms with van der Waals surface area (Å²) in [5, 5.41) is 8.98. The molecule has 3 heterocycles. The smallest absolute Gasteiger partial charge is 0.407 e. The summed E-state index contributed by atoms with van der Waals surface area (Å²) in [6, 6.07) is 15.6. The lowest BCUT2D eigenvalue weighted by Crippen LogP contribution is -2.64. The molecule has 0 bridgehead atoms. The number of amides is 4. The quantitative estimate of drug-likeness (QED) is 0.0234. The summed E-state index contributed by atoms with van der Waals surface area (Å²) < 4.78 is 24.4. The van der Waals surface area contributed by atoms with Crippen LogP contribution in [0.25, 0.3) is 11.3 Å². The number of alkyl carbamates (subject to hydrolysis) is 2. The average Bonchev–Trinajstić information content (AvgIpc) is 4.02. The van der Waals surface area contributed by atoms with Crippen molar-refractivity contribution in [1.29, 1.82) is 0 Å². The zero-order valence-electron chi connectivity index (χ0n) is 45.8. The Morgan fingerprint density at radius 2 is 1.34 bits per heavy atom. The Morgan fingerprint density at radius 1 is 0.795 bits per heavy atom. The van der Waals surface area contributed by atoms with Crippen LogP contribution in [0.3, 0.4) is 0 Å². The first-order valence-corrected chi connectivity index (χ1v) is 33.3. The maximum atomic E-state index is 14.3. The van der Waals surface area contributed by atoms with Gasteiger partial charge in [0.2, 0.25) is 11.8 Å². The lowest BCUT2D eigenvalue weighted by Gasteiger charge is -2.42. The number of piperazine rings is 1. The Bertz CT molecular complexity index is 2390. The molecule has 3 N–H and O–H groups in total. The molecule has 73 heavy (non-hydrogen) atoms. The number of aromatic nitrogens is 2. The molecule has 2 aromatic carbocycles. The summed E-state index contributed by atoms with van der Waals surface area (Å²) in [5.41, 5.74) is 4.17. The molecular formula is C54H83N9O8Si2. The van der Waals surface area contributed by atoms with E-state index in [4.69, 9.17) is 28.9 Å². The molecule has 0 unspecified atom stereocenters. The van der Waals surface area contributed by atoms with Crippen molar-refractivity contribution in [3.63, 3.8) is 0 Å². The third-order valence-electron chi connectivity index (χ3n) is 13.1. The van der Waals surface area contributed by atoms with E-state index in [2.05, 4.69) is 83.5 Å². The number of hydrogen-bond donors (Lipinski definition) is 3. The number of carbonyl (C=O) groups excluding carboxylic acids is 4. The van der Waals surface area contributed by atoms with Crippen LogP contribution in [0.2, 0.25) is 51.4 Å². The largest absolute Gasteiger partial charge is 0.453 e. The highest BCUT2D eigenvalue weighted by molar-refractivity contribution is 6.76. The van der Waals surface area contributed by atoms with E-state index in [-0.39, 0.29) is 36.4 Å². The molecule has 0 aliphatic carbocycles. The number of rotatable bonds is 21. The normalized spacial score (nSPS) is 17.2. The van der Waals surface area contributed by atoms with Gasteiger partial charge < -0.3 is 54.2 Å². The number of likely N-dealkylation sites (N-methyl/N-ethyl adjacent to an activating group) is 1. The summed E-state index contributed by atoms with van der Waals surface area (Å²) >= 11 is 0. The van der Waals surface area contributed by atoms with Crippen LogP contribution in [0.4, 0.5) is 15.3 Å². The lowest BCUT2D eigenvalue weighted by molar-refractivity contribution is -0.136. The monoisotopic (exact) mass is 1040 g/mol. The Kier molecular flexibility index (Phi) is 21.7. The van der Waals surface area contributed by atoms with Crippen LogP contribution < -0.4 is 16.0 Å². The Labute approximate surface area is 436 Å². The number of hydrogen-bond acceptors (Lipinski definition) is 11. The van der Waals surface area contributed by atoms with Crippen molar-refractivity contribution in [3.8, 4) is 23.1 Å². The molecule has 0 spiro atoms. The fraction of sp³-hybridized carbons (Fsp3) is 0.593. The summed E-state index contributed by atoms with van der Waals surface area (Å²) in [7, 11) is -0.0841. The topological polar surface area (TPSA) is 181 Å². The summed E-state index contributed by atoms with van der Waals surface area (Å²) in [4.78, 5) is 68.8. The van der Waals surface area contributed by atoms with Crippen LogP contribution >= 0.6 is 0 Å². The highest BCUT2D eigenvalue weighted by Crippen LogP contribution is 2.35. The first-order valence-electron chi connectivity index (χ1n) is 25.9. The predicted octanol–water partition coefficient (Wildman–Crippen LogP) is 8.15. The van der Waals surface area contributed by atoms with E-state index < -0.39 is 46.5 Å². The number of methoxy groups -OCH3 is 2. The van der Waals surface area contributed by atoms with Gasteiger partial charge in [0.15, 0.2) is 0 Å². The first-order chi connectivity index (χ1) is 34.6. The molecule has 2 aliphatic heterocycles. The zero-order valence-corrected chi connectivity index (χ0v) is 47.8. The molecule has 2 fully saturated rings. The highest BCUT2D eigenvalue weighted by Gasteiger charge is 2.40. The maximum Gasteiger partial charge on any atom is 0.407 e. The number of imidazole rings is 1. The second-order valence-corrected chi connectivity index (χ2v) is 33.2. The van der Waals surface area contributed by atoms with Crippen LogP contribution in [-0.4, -0.2) is 155 Å². The summed E-state index contributed by atoms with van der Waals surface area (Å²) in [6.45, 7) is 28.2. The minimum absolute atomic E-state index is 0.146. The van der Waals surface area contributed by atoms with Gasteiger partial charge in [-0.2, -0.15) is 0 Å². The summed E-state index contributed by atoms with van der Waals surface area (Å²) in [5.74, 6) is 7.42. The molecule has 0 radical (unpaired) electrons. The van der Waals surface area contributed by atoms with Gasteiger partial charge in [-0.15, -0.1) is 0 Å². The number of nitrogens with one attached hydrogen (secondary N) is 3.